The van der Waals surface area contributed by atoms with E-state index in [4.69, 9.17) is 0 Å². The van der Waals surface area contributed by atoms with Crippen molar-refractivity contribution in [2.75, 3.05) is 26.2 Å². The van der Waals surface area contributed by atoms with Crippen molar-refractivity contribution >= 4 is 0 Å². The molecule has 1 aliphatic rings. The van der Waals surface area contributed by atoms with E-state index < -0.39 is 0 Å². The van der Waals surface area contributed by atoms with Crippen LogP contribution in [0.5, 0.6) is 0 Å². The van der Waals surface area contributed by atoms with Crippen LogP contribution < -0.4 is 5.32 Å². The van der Waals surface area contributed by atoms with Gasteiger partial charge in [0.05, 0.1) is 0 Å². The van der Waals surface area contributed by atoms with Gasteiger partial charge in [-0.15, -0.1) is 0 Å². The molecule has 1 N–H and O–H groups in total. The molecule has 2 rings (SSSR count). The summed E-state index contributed by atoms with van der Waals surface area (Å²) in [4.78, 5) is 2.53. The summed E-state index contributed by atoms with van der Waals surface area (Å²) in [5.41, 5.74) is 1.10. The minimum absolute atomic E-state index is 0.127. The number of nitrogens with zero attached hydrogens (tertiary/aromatic N) is 1. The molecule has 0 aromatic heterocycles. The lowest BCUT2D eigenvalue weighted by Gasteiger charge is -2.25. The fourth-order valence-corrected chi connectivity index (χ4v) is 2.99. The van der Waals surface area contributed by atoms with Gasteiger partial charge >= 0.3 is 0 Å². The number of nitrogens with one attached hydrogen (secondary N) is 1. The zero-order valence-corrected chi connectivity index (χ0v) is 12.7. The van der Waals surface area contributed by atoms with E-state index in [9.17, 15) is 4.39 Å². The molecule has 0 radical (unpaired) electrons. The van der Waals surface area contributed by atoms with Gasteiger partial charge in [-0.05, 0) is 56.0 Å². The van der Waals surface area contributed by atoms with Gasteiger partial charge in [0.2, 0.25) is 0 Å². The van der Waals surface area contributed by atoms with Crippen LogP contribution >= 0.6 is 0 Å². The summed E-state index contributed by atoms with van der Waals surface area (Å²) in [5, 5.41) is 3.65. The van der Waals surface area contributed by atoms with Crippen LogP contribution in [-0.2, 0) is 6.42 Å². The van der Waals surface area contributed by atoms with E-state index in [1.165, 1.54) is 18.9 Å². The summed E-state index contributed by atoms with van der Waals surface area (Å²) >= 11 is 0. The Morgan fingerprint density at radius 1 is 1.40 bits per heavy atom. The van der Waals surface area contributed by atoms with Crippen LogP contribution in [0.15, 0.2) is 24.3 Å². The number of halogens is 1. The highest BCUT2D eigenvalue weighted by Crippen LogP contribution is 2.11. The van der Waals surface area contributed by atoms with Gasteiger partial charge < -0.3 is 10.2 Å². The van der Waals surface area contributed by atoms with E-state index in [1.54, 1.807) is 12.1 Å². The van der Waals surface area contributed by atoms with E-state index in [-0.39, 0.29) is 5.82 Å². The SMILES string of the molecule is CC(C)CC1CN(CCc2cccc(F)c2)CCCN1. The molecule has 0 bridgehead atoms. The van der Waals surface area contributed by atoms with Crippen LogP contribution in [-0.4, -0.2) is 37.1 Å². The van der Waals surface area contributed by atoms with Crippen molar-refractivity contribution in [2.45, 2.75) is 39.2 Å². The third kappa shape index (κ3) is 5.22. The summed E-state index contributed by atoms with van der Waals surface area (Å²) in [6.45, 7) is 8.98. The normalized spacial score (nSPS) is 21.1. The lowest BCUT2D eigenvalue weighted by atomic mass is 10.0. The van der Waals surface area contributed by atoms with Crippen LogP contribution in [0.4, 0.5) is 4.39 Å². The van der Waals surface area contributed by atoms with Gasteiger partial charge in [-0.1, -0.05) is 26.0 Å². The van der Waals surface area contributed by atoms with Crippen LogP contribution in [0, 0.1) is 11.7 Å². The molecule has 112 valence electrons. The van der Waals surface area contributed by atoms with Crippen LogP contribution in [0.2, 0.25) is 0 Å². The van der Waals surface area contributed by atoms with Crippen molar-refractivity contribution in [3.8, 4) is 0 Å². The summed E-state index contributed by atoms with van der Waals surface area (Å²) in [7, 11) is 0. The second-order valence-electron chi connectivity index (χ2n) is 6.31. The molecule has 1 unspecified atom stereocenters. The Bertz CT molecular complexity index is 406. The largest absolute Gasteiger partial charge is 0.313 e. The number of rotatable bonds is 5. The quantitative estimate of drug-likeness (QED) is 0.890. The van der Waals surface area contributed by atoms with E-state index in [2.05, 4.69) is 24.1 Å². The second kappa shape index (κ2) is 7.75. The Morgan fingerprint density at radius 3 is 3.00 bits per heavy atom. The highest BCUT2D eigenvalue weighted by atomic mass is 19.1. The molecular formula is C17H27FN2. The number of hydrogen-bond donors (Lipinski definition) is 1. The molecule has 1 aliphatic heterocycles. The molecule has 1 saturated heterocycles. The Balaban J connectivity index is 1.84. The highest BCUT2D eigenvalue weighted by Gasteiger charge is 2.18. The molecule has 1 fully saturated rings. The predicted octanol–water partition coefficient (Wildman–Crippen LogP) is 3.08. The van der Waals surface area contributed by atoms with Crippen molar-refractivity contribution in [3.63, 3.8) is 0 Å². The maximum atomic E-state index is 13.2. The van der Waals surface area contributed by atoms with E-state index in [1.807, 2.05) is 6.07 Å². The standard InChI is InChI=1S/C17H27FN2/c1-14(2)11-17-13-20(9-4-8-19-17)10-7-15-5-3-6-16(18)12-15/h3,5-6,12,14,17,19H,4,7-11,13H2,1-2H3. The van der Waals surface area contributed by atoms with Crippen molar-refractivity contribution in [3.05, 3.63) is 35.6 Å². The monoisotopic (exact) mass is 278 g/mol. The zero-order chi connectivity index (χ0) is 14.4. The van der Waals surface area contributed by atoms with Gasteiger partial charge in [-0.3, -0.25) is 0 Å². The maximum Gasteiger partial charge on any atom is 0.123 e. The summed E-state index contributed by atoms with van der Waals surface area (Å²) in [6, 6.07) is 7.59. The van der Waals surface area contributed by atoms with Crippen molar-refractivity contribution in [1.29, 1.82) is 0 Å². The predicted molar refractivity (Wildman–Crippen MR) is 82.4 cm³/mol. The molecule has 3 heteroatoms. The summed E-state index contributed by atoms with van der Waals surface area (Å²) in [6.07, 6.45) is 3.38. The average molecular weight is 278 g/mol. The molecule has 1 atom stereocenters. The first-order valence-corrected chi connectivity index (χ1v) is 7.83. The molecule has 0 aliphatic carbocycles. The van der Waals surface area contributed by atoms with Crippen LogP contribution in [0.1, 0.15) is 32.3 Å². The molecular weight excluding hydrogens is 251 g/mol. The maximum absolute atomic E-state index is 13.2. The topological polar surface area (TPSA) is 15.3 Å². The zero-order valence-electron chi connectivity index (χ0n) is 12.7. The Morgan fingerprint density at radius 2 is 2.25 bits per heavy atom. The van der Waals surface area contributed by atoms with Crippen LogP contribution in [0.3, 0.4) is 0 Å². The fourth-order valence-electron chi connectivity index (χ4n) is 2.99. The smallest absolute Gasteiger partial charge is 0.123 e. The van der Waals surface area contributed by atoms with Gasteiger partial charge in [0.25, 0.3) is 0 Å². The average Bonchev–Trinajstić information content (AvgIpc) is 2.61. The lowest BCUT2D eigenvalue weighted by Crippen LogP contribution is -2.39. The molecule has 1 aromatic rings. The van der Waals surface area contributed by atoms with Gasteiger partial charge in [-0.25, -0.2) is 4.39 Å². The molecule has 0 amide bonds. The Hall–Kier alpha value is -0.930. The van der Waals surface area contributed by atoms with Crippen molar-refractivity contribution < 1.29 is 4.39 Å². The van der Waals surface area contributed by atoms with Gasteiger partial charge in [0.1, 0.15) is 5.82 Å². The van der Waals surface area contributed by atoms with Crippen molar-refractivity contribution in [1.82, 2.24) is 10.2 Å². The highest BCUT2D eigenvalue weighted by molar-refractivity contribution is 5.16. The molecule has 1 heterocycles. The first-order valence-electron chi connectivity index (χ1n) is 7.83. The Kier molecular flexibility index (Phi) is 5.99. The van der Waals surface area contributed by atoms with E-state index in [0.29, 0.717) is 6.04 Å². The summed E-state index contributed by atoms with van der Waals surface area (Å²) < 4.78 is 13.2. The van der Waals surface area contributed by atoms with Crippen LogP contribution in [0.25, 0.3) is 0 Å². The second-order valence-corrected chi connectivity index (χ2v) is 6.31. The minimum atomic E-state index is -0.127. The molecule has 2 nitrogen and oxygen atoms in total. The fraction of sp³-hybridized carbons (Fsp3) is 0.647. The van der Waals surface area contributed by atoms with Gasteiger partial charge in [-0.2, -0.15) is 0 Å². The first-order chi connectivity index (χ1) is 9.63. The molecule has 0 spiro atoms. The third-order valence-electron chi connectivity index (χ3n) is 3.92. The van der Waals surface area contributed by atoms with E-state index >= 15 is 0 Å². The van der Waals surface area contributed by atoms with Gasteiger partial charge in [0.15, 0.2) is 0 Å². The molecule has 20 heavy (non-hydrogen) atoms. The lowest BCUT2D eigenvalue weighted by molar-refractivity contribution is 0.258. The first kappa shape index (κ1) is 15.5. The third-order valence-corrected chi connectivity index (χ3v) is 3.92. The summed E-state index contributed by atoms with van der Waals surface area (Å²) in [5.74, 6) is 0.605. The molecule has 1 aromatic carbocycles. The Labute approximate surface area is 122 Å². The van der Waals surface area contributed by atoms with E-state index in [0.717, 1.165) is 44.1 Å². The van der Waals surface area contributed by atoms with Gasteiger partial charge in [0, 0.05) is 19.1 Å². The number of benzene rings is 1. The number of hydrogen-bond acceptors (Lipinski definition) is 2. The minimum Gasteiger partial charge on any atom is -0.313 e. The van der Waals surface area contributed by atoms with Crippen molar-refractivity contribution in [2.24, 2.45) is 5.92 Å². The molecule has 0 saturated carbocycles.